The number of nitrogen functional groups attached to an aromatic ring is 1. The van der Waals surface area contributed by atoms with Crippen LogP contribution in [0.5, 0.6) is 5.75 Å². The molecule has 0 unspecified atom stereocenters. The van der Waals surface area contributed by atoms with Crippen LogP contribution in [0.1, 0.15) is 25.7 Å². The highest BCUT2D eigenvalue weighted by Crippen LogP contribution is 2.28. The highest BCUT2D eigenvalue weighted by Gasteiger charge is 2.31. The van der Waals surface area contributed by atoms with E-state index in [9.17, 15) is 9.90 Å². The number of nitrogens with two attached hydrogens (primary N) is 1. The zero-order chi connectivity index (χ0) is 13.7. The van der Waals surface area contributed by atoms with Gasteiger partial charge in [0.1, 0.15) is 5.75 Å². The van der Waals surface area contributed by atoms with Crippen LogP contribution in [0.3, 0.4) is 0 Å². The summed E-state index contributed by atoms with van der Waals surface area (Å²) in [4.78, 5) is 11.6. The van der Waals surface area contributed by atoms with E-state index in [1.165, 1.54) is 0 Å². The van der Waals surface area contributed by atoms with Gasteiger partial charge in [-0.25, -0.2) is 0 Å². The first kappa shape index (κ1) is 13.7. The normalized spacial score (nSPS) is 17.1. The van der Waals surface area contributed by atoms with Crippen molar-refractivity contribution in [2.75, 3.05) is 18.9 Å². The van der Waals surface area contributed by atoms with Crippen molar-refractivity contribution in [1.29, 1.82) is 0 Å². The number of hydrogen-bond donors (Lipinski definition) is 3. The van der Waals surface area contributed by atoms with Crippen molar-refractivity contribution in [3.63, 3.8) is 0 Å². The van der Waals surface area contributed by atoms with Crippen molar-refractivity contribution in [2.24, 2.45) is 0 Å². The van der Waals surface area contributed by atoms with Crippen LogP contribution in [-0.2, 0) is 4.79 Å². The SMILES string of the molecule is Nc1ccccc1OCC(=O)NCC1(O)CCCC1. The number of anilines is 1. The van der Waals surface area contributed by atoms with Crippen LogP contribution in [0.4, 0.5) is 5.69 Å². The second-order valence-electron chi connectivity index (χ2n) is 5.03. The molecule has 19 heavy (non-hydrogen) atoms. The van der Waals surface area contributed by atoms with Gasteiger partial charge in [0.2, 0.25) is 0 Å². The minimum absolute atomic E-state index is 0.0930. The predicted octanol–water partition coefficient (Wildman–Crippen LogP) is 1.07. The van der Waals surface area contributed by atoms with Gasteiger partial charge in [0.25, 0.3) is 5.91 Å². The standard InChI is InChI=1S/C14H20N2O3/c15-11-5-1-2-6-12(11)19-9-13(17)16-10-14(18)7-3-4-8-14/h1-2,5-6,18H,3-4,7-10,15H2,(H,16,17). The number of rotatable bonds is 5. The average Bonchev–Trinajstić information content (AvgIpc) is 2.83. The van der Waals surface area contributed by atoms with E-state index in [4.69, 9.17) is 10.5 Å². The van der Waals surface area contributed by atoms with Gasteiger partial charge in [-0.1, -0.05) is 25.0 Å². The van der Waals surface area contributed by atoms with Crippen molar-refractivity contribution in [2.45, 2.75) is 31.3 Å². The molecule has 0 spiro atoms. The number of benzene rings is 1. The predicted molar refractivity (Wildman–Crippen MR) is 72.8 cm³/mol. The maximum Gasteiger partial charge on any atom is 0.258 e. The molecule has 1 saturated carbocycles. The lowest BCUT2D eigenvalue weighted by molar-refractivity contribution is -0.124. The van der Waals surface area contributed by atoms with Crippen molar-refractivity contribution < 1.29 is 14.6 Å². The number of carbonyl (C=O) groups is 1. The van der Waals surface area contributed by atoms with E-state index in [1.54, 1.807) is 24.3 Å². The zero-order valence-electron chi connectivity index (χ0n) is 10.9. The summed E-state index contributed by atoms with van der Waals surface area (Å²) in [5.74, 6) is 0.251. The fourth-order valence-corrected chi connectivity index (χ4v) is 2.28. The Hall–Kier alpha value is -1.75. The molecule has 1 amide bonds. The van der Waals surface area contributed by atoms with E-state index in [-0.39, 0.29) is 12.5 Å². The second kappa shape index (κ2) is 5.93. The third-order valence-electron chi connectivity index (χ3n) is 3.43. The molecule has 0 atom stereocenters. The van der Waals surface area contributed by atoms with Crippen molar-refractivity contribution in [3.8, 4) is 5.75 Å². The smallest absolute Gasteiger partial charge is 0.258 e. The molecule has 1 aliphatic carbocycles. The van der Waals surface area contributed by atoms with E-state index in [0.717, 1.165) is 25.7 Å². The molecular weight excluding hydrogens is 244 g/mol. The highest BCUT2D eigenvalue weighted by atomic mass is 16.5. The molecule has 1 aromatic rings. The topological polar surface area (TPSA) is 84.6 Å². The number of nitrogens with one attached hydrogen (secondary N) is 1. The third kappa shape index (κ3) is 3.86. The molecule has 1 fully saturated rings. The number of carbonyl (C=O) groups excluding carboxylic acids is 1. The van der Waals surface area contributed by atoms with E-state index < -0.39 is 5.60 Å². The Morgan fingerprint density at radius 1 is 1.37 bits per heavy atom. The van der Waals surface area contributed by atoms with E-state index in [1.807, 2.05) is 0 Å². The van der Waals surface area contributed by atoms with Gasteiger partial charge in [0.05, 0.1) is 11.3 Å². The lowest BCUT2D eigenvalue weighted by atomic mass is 10.0. The molecule has 5 heteroatoms. The Balaban J connectivity index is 1.74. The molecule has 0 aromatic heterocycles. The van der Waals surface area contributed by atoms with Crippen LogP contribution < -0.4 is 15.8 Å². The van der Waals surface area contributed by atoms with Crippen LogP contribution in [0.2, 0.25) is 0 Å². The van der Waals surface area contributed by atoms with Crippen molar-refractivity contribution in [3.05, 3.63) is 24.3 Å². The Bertz CT molecular complexity index is 442. The van der Waals surface area contributed by atoms with E-state index in [2.05, 4.69) is 5.32 Å². The van der Waals surface area contributed by atoms with Crippen LogP contribution >= 0.6 is 0 Å². The van der Waals surface area contributed by atoms with Gasteiger partial charge in [-0.2, -0.15) is 0 Å². The van der Waals surface area contributed by atoms with Crippen LogP contribution in [0.15, 0.2) is 24.3 Å². The van der Waals surface area contributed by atoms with Crippen LogP contribution in [-0.4, -0.2) is 29.8 Å². The van der Waals surface area contributed by atoms with Crippen molar-refractivity contribution in [1.82, 2.24) is 5.32 Å². The van der Waals surface area contributed by atoms with Gasteiger partial charge in [0.15, 0.2) is 6.61 Å². The summed E-state index contributed by atoms with van der Waals surface area (Å²) in [5, 5.41) is 12.8. The Labute approximate surface area is 112 Å². The minimum Gasteiger partial charge on any atom is -0.482 e. The molecule has 1 aliphatic rings. The molecule has 0 heterocycles. The number of aliphatic hydroxyl groups is 1. The molecule has 0 bridgehead atoms. The Morgan fingerprint density at radius 2 is 2.05 bits per heavy atom. The second-order valence-corrected chi connectivity index (χ2v) is 5.03. The summed E-state index contributed by atoms with van der Waals surface area (Å²) in [5.41, 5.74) is 5.47. The fourth-order valence-electron chi connectivity index (χ4n) is 2.28. The maximum atomic E-state index is 11.6. The van der Waals surface area contributed by atoms with Crippen LogP contribution in [0, 0.1) is 0 Å². The summed E-state index contributed by atoms with van der Waals surface area (Å²) < 4.78 is 5.33. The first-order valence-electron chi connectivity index (χ1n) is 6.55. The molecule has 0 saturated heterocycles. The van der Waals surface area contributed by atoms with Crippen LogP contribution in [0.25, 0.3) is 0 Å². The van der Waals surface area contributed by atoms with Gasteiger partial charge in [-0.3, -0.25) is 4.79 Å². The van der Waals surface area contributed by atoms with Gasteiger partial charge in [0, 0.05) is 6.54 Å². The lowest BCUT2D eigenvalue weighted by Gasteiger charge is -2.22. The van der Waals surface area contributed by atoms with Gasteiger partial charge >= 0.3 is 0 Å². The van der Waals surface area contributed by atoms with Crippen molar-refractivity contribution >= 4 is 11.6 Å². The minimum atomic E-state index is -0.735. The van der Waals surface area contributed by atoms with Gasteiger partial charge in [-0.05, 0) is 25.0 Å². The first-order chi connectivity index (χ1) is 9.09. The highest BCUT2D eigenvalue weighted by molar-refractivity contribution is 5.77. The molecule has 1 aromatic carbocycles. The number of amides is 1. The molecule has 0 aliphatic heterocycles. The molecule has 104 valence electrons. The maximum absolute atomic E-state index is 11.6. The number of para-hydroxylation sites is 2. The monoisotopic (exact) mass is 264 g/mol. The fraction of sp³-hybridized carbons (Fsp3) is 0.500. The largest absolute Gasteiger partial charge is 0.482 e. The zero-order valence-corrected chi connectivity index (χ0v) is 10.9. The summed E-state index contributed by atoms with van der Waals surface area (Å²) in [6, 6.07) is 7.03. The molecule has 4 N–H and O–H groups in total. The number of hydrogen-bond acceptors (Lipinski definition) is 4. The van der Waals surface area contributed by atoms with Gasteiger partial charge in [-0.15, -0.1) is 0 Å². The number of ether oxygens (including phenoxy) is 1. The summed E-state index contributed by atoms with van der Waals surface area (Å²) in [7, 11) is 0. The third-order valence-corrected chi connectivity index (χ3v) is 3.43. The summed E-state index contributed by atoms with van der Waals surface area (Å²) >= 11 is 0. The molecule has 5 nitrogen and oxygen atoms in total. The Kier molecular flexibility index (Phi) is 4.27. The summed E-state index contributed by atoms with van der Waals surface area (Å²) in [6.07, 6.45) is 3.53. The average molecular weight is 264 g/mol. The van der Waals surface area contributed by atoms with Gasteiger partial charge < -0.3 is 20.9 Å². The lowest BCUT2D eigenvalue weighted by Crippen LogP contribution is -2.42. The Morgan fingerprint density at radius 3 is 2.74 bits per heavy atom. The first-order valence-corrected chi connectivity index (χ1v) is 6.55. The van der Waals surface area contributed by atoms with E-state index >= 15 is 0 Å². The quantitative estimate of drug-likeness (QED) is 0.694. The van der Waals surface area contributed by atoms with E-state index in [0.29, 0.717) is 18.0 Å². The summed E-state index contributed by atoms with van der Waals surface area (Å²) in [6.45, 7) is 0.198. The molecular formula is C14H20N2O3. The molecule has 0 radical (unpaired) electrons. The molecule has 2 rings (SSSR count).